The fourth-order valence-electron chi connectivity index (χ4n) is 1.80. The number of nitrogens with zero attached hydrogens (tertiary/aromatic N) is 1. The van der Waals surface area contributed by atoms with Gasteiger partial charge in [0.25, 0.3) is 10.0 Å². The van der Waals surface area contributed by atoms with Crippen LogP contribution in [-0.4, -0.2) is 25.5 Å². The lowest BCUT2D eigenvalue weighted by Crippen LogP contribution is -2.19. The lowest BCUT2D eigenvalue weighted by atomic mass is 10.2. The molecule has 0 aliphatic rings. The minimum absolute atomic E-state index is 0.0636. The molecule has 0 saturated heterocycles. The van der Waals surface area contributed by atoms with Crippen molar-refractivity contribution in [1.29, 1.82) is 0 Å². The lowest BCUT2D eigenvalue weighted by molar-refractivity contribution is 0.0592. The Balaban J connectivity index is 2.68. The van der Waals surface area contributed by atoms with Crippen molar-refractivity contribution in [2.75, 3.05) is 7.11 Å². The van der Waals surface area contributed by atoms with Gasteiger partial charge in [-0.3, -0.25) is 0 Å². The average Bonchev–Trinajstić information content (AvgIpc) is 2.92. The van der Waals surface area contributed by atoms with Crippen LogP contribution >= 0.6 is 0 Å². The number of hydrogen-bond donors (Lipinski definition) is 0. The van der Waals surface area contributed by atoms with Crippen LogP contribution in [0.1, 0.15) is 16.1 Å². The molecule has 5 nitrogen and oxygen atoms in total. The van der Waals surface area contributed by atoms with Crippen molar-refractivity contribution in [3.8, 4) is 0 Å². The molecule has 0 amide bonds. The van der Waals surface area contributed by atoms with Gasteiger partial charge in [0.15, 0.2) is 0 Å². The number of benzene rings is 1. The van der Waals surface area contributed by atoms with E-state index in [2.05, 4.69) is 11.3 Å². The van der Waals surface area contributed by atoms with Gasteiger partial charge in [0, 0.05) is 11.8 Å². The first-order chi connectivity index (χ1) is 9.52. The van der Waals surface area contributed by atoms with Crippen LogP contribution in [-0.2, 0) is 14.8 Å². The molecule has 0 saturated carbocycles. The van der Waals surface area contributed by atoms with E-state index in [1.807, 2.05) is 0 Å². The molecular formula is C14H13NO4S. The predicted molar refractivity (Wildman–Crippen MR) is 74.9 cm³/mol. The largest absolute Gasteiger partial charge is 0.464 e. The Morgan fingerprint density at radius 1 is 1.25 bits per heavy atom. The second-order valence-electron chi connectivity index (χ2n) is 3.93. The molecule has 1 heterocycles. The summed E-state index contributed by atoms with van der Waals surface area (Å²) in [4.78, 5) is 11.9. The van der Waals surface area contributed by atoms with Gasteiger partial charge in [-0.05, 0) is 18.2 Å². The molecule has 0 N–H and O–H groups in total. The number of carbonyl (C=O) groups excluding carboxylic acids is 1. The molecule has 104 valence electrons. The molecule has 6 heteroatoms. The third-order valence-corrected chi connectivity index (χ3v) is 4.47. The summed E-state index contributed by atoms with van der Waals surface area (Å²) >= 11 is 0. The highest BCUT2D eigenvalue weighted by atomic mass is 32.2. The zero-order valence-corrected chi connectivity index (χ0v) is 11.6. The number of esters is 1. The van der Waals surface area contributed by atoms with Gasteiger partial charge >= 0.3 is 5.97 Å². The van der Waals surface area contributed by atoms with Gasteiger partial charge in [-0.1, -0.05) is 30.9 Å². The number of methoxy groups -OCH3 is 1. The van der Waals surface area contributed by atoms with Crippen molar-refractivity contribution in [3.63, 3.8) is 0 Å². The van der Waals surface area contributed by atoms with Crippen LogP contribution in [0.4, 0.5) is 0 Å². The van der Waals surface area contributed by atoms with Crippen molar-refractivity contribution < 1.29 is 17.9 Å². The number of aromatic nitrogens is 1. The summed E-state index contributed by atoms with van der Waals surface area (Å²) in [7, 11) is -2.65. The molecule has 2 aromatic rings. The number of rotatable bonds is 4. The van der Waals surface area contributed by atoms with Crippen molar-refractivity contribution in [1.82, 2.24) is 3.97 Å². The maximum absolute atomic E-state index is 12.5. The maximum Gasteiger partial charge on any atom is 0.356 e. The molecule has 0 radical (unpaired) electrons. The molecule has 20 heavy (non-hydrogen) atoms. The van der Waals surface area contributed by atoms with E-state index in [-0.39, 0.29) is 10.6 Å². The normalized spacial score (nSPS) is 11.1. The predicted octanol–water partition coefficient (Wildman–Crippen LogP) is 2.15. The van der Waals surface area contributed by atoms with Crippen molar-refractivity contribution >= 4 is 22.1 Å². The highest BCUT2D eigenvalue weighted by Crippen LogP contribution is 2.21. The van der Waals surface area contributed by atoms with E-state index in [4.69, 9.17) is 0 Å². The van der Waals surface area contributed by atoms with Crippen LogP contribution in [0, 0.1) is 0 Å². The molecule has 0 bridgehead atoms. The summed E-state index contributed by atoms with van der Waals surface area (Å²) < 4.78 is 30.6. The number of carbonyl (C=O) groups is 1. The van der Waals surface area contributed by atoms with Crippen LogP contribution in [0.5, 0.6) is 0 Å². The summed E-state index contributed by atoms with van der Waals surface area (Å²) in [6.07, 6.45) is 2.72. The first-order valence-corrected chi connectivity index (χ1v) is 7.19. The molecule has 0 aliphatic heterocycles. The van der Waals surface area contributed by atoms with Gasteiger partial charge in [-0.25, -0.2) is 17.2 Å². The highest BCUT2D eigenvalue weighted by molar-refractivity contribution is 7.90. The molecule has 1 aromatic carbocycles. The molecule has 0 aliphatic carbocycles. The van der Waals surface area contributed by atoms with E-state index < -0.39 is 16.0 Å². The van der Waals surface area contributed by atoms with Gasteiger partial charge < -0.3 is 4.74 Å². The van der Waals surface area contributed by atoms with Crippen LogP contribution in [0.3, 0.4) is 0 Å². The van der Waals surface area contributed by atoms with Gasteiger partial charge in [0.2, 0.25) is 0 Å². The van der Waals surface area contributed by atoms with Crippen molar-refractivity contribution in [2.45, 2.75) is 4.90 Å². The van der Waals surface area contributed by atoms with E-state index in [1.54, 1.807) is 18.2 Å². The molecule has 0 atom stereocenters. The van der Waals surface area contributed by atoms with E-state index in [0.29, 0.717) is 5.56 Å². The smallest absolute Gasteiger partial charge is 0.356 e. The molecular weight excluding hydrogens is 278 g/mol. The van der Waals surface area contributed by atoms with Crippen LogP contribution < -0.4 is 0 Å². The van der Waals surface area contributed by atoms with Gasteiger partial charge in [0.05, 0.1) is 12.0 Å². The summed E-state index contributed by atoms with van der Waals surface area (Å²) in [5, 5.41) is 0. The quantitative estimate of drug-likeness (QED) is 0.810. The highest BCUT2D eigenvalue weighted by Gasteiger charge is 2.25. The second-order valence-corrected chi connectivity index (χ2v) is 5.74. The Kier molecular flexibility index (Phi) is 3.76. The van der Waals surface area contributed by atoms with Crippen LogP contribution in [0.2, 0.25) is 0 Å². The van der Waals surface area contributed by atoms with Gasteiger partial charge in [-0.15, -0.1) is 0 Å². The zero-order chi connectivity index (χ0) is 14.8. The summed E-state index contributed by atoms with van der Waals surface area (Å²) in [5.74, 6) is -0.732. The number of hydrogen-bond acceptors (Lipinski definition) is 4. The standard InChI is InChI=1S/C14H13NO4S/c1-3-11-9-10-15(13(11)14(16)19-2)20(17,18)12-7-5-4-6-8-12/h3-10H,1H2,2H3. The Morgan fingerprint density at radius 3 is 2.45 bits per heavy atom. The SMILES string of the molecule is C=Cc1ccn(S(=O)(=O)c2ccccc2)c1C(=O)OC. The second kappa shape index (κ2) is 5.34. The first-order valence-electron chi connectivity index (χ1n) is 5.75. The fraction of sp³-hybridized carbons (Fsp3) is 0.0714. The van der Waals surface area contributed by atoms with Gasteiger partial charge in [-0.2, -0.15) is 0 Å². The van der Waals surface area contributed by atoms with Crippen LogP contribution in [0.25, 0.3) is 6.08 Å². The first kappa shape index (κ1) is 14.1. The van der Waals surface area contributed by atoms with Gasteiger partial charge in [0.1, 0.15) is 5.69 Å². The van der Waals surface area contributed by atoms with E-state index >= 15 is 0 Å². The lowest BCUT2D eigenvalue weighted by Gasteiger charge is -2.09. The minimum Gasteiger partial charge on any atom is -0.464 e. The zero-order valence-electron chi connectivity index (χ0n) is 10.8. The monoisotopic (exact) mass is 291 g/mol. The third-order valence-electron chi connectivity index (χ3n) is 2.78. The Labute approximate surface area is 117 Å². The maximum atomic E-state index is 12.5. The molecule has 0 fully saturated rings. The van der Waals surface area contributed by atoms with Crippen LogP contribution in [0.15, 0.2) is 54.1 Å². The Hall–Kier alpha value is -2.34. The Bertz CT molecular complexity index is 745. The summed E-state index contributed by atoms with van der Waals surface area (Å²) in [6.45, 7) is 3.56. The Morgan fingerprint density at radius 2 is 1.90 bits per heavy atom. The third kappa shape index (κ3) is 2.25. The van der Waals surface area contributed by atoms with Crippen molar-refractivity contribution in [3.05, 3.63) is 60.4 Å². The topological polar surface area (TPSA) is 65.4 Å². The minimum atomic E-state index is -3.85. The molecule has 0 spiro atoms. The fourth-order valence-corrected chi connectivity index (χ4v) is 3.17. The summed E-state index contributed by atoms with van der Waals surface area (Å²) in [6, 6.07) is 9.37. The summed E-state index contributed by atoms with van der Waals surface area (Å²) in [5.41, 5.74) is 0.336. The van der Waals surface area contributed by atoms with E-state index in [0.717, 1.165) is 3.97 Å². The van der Waals surface area contributed by atoms with E-state index in [1.165, 1.54) is 37.6 Å². The average molecular weight is 291 g/mol. The van der Waals surface area contributed by atoms with E-state index in [9.17, 15) is 13.2 Å². The molecule has 0 unspecified atom stereocenters. The molecule has 1 aromatic heterocycles. The van der Waals surface area contributed by atoms with Crippen molar-refractivity contribution in [2.24, 2.45) is 0 Å². The number of ether oxygens (including phenoxy) is 1. The molecule has 2 rings (SSSR count).